The van der Waals surface area contributed by atoms with Gasteiger partial charge in [0.15, 0.2) is 0 Å². The number of rotatable bonds is 8. The van der Waals surface area contributed by atoms with Gasteiger partial charge in [-0.15, -0.1) is 16.4 Å². The fraction of sp³-hybridized carbons (Fsp3) is 0.263. The van der Waals surface area contributed by atoms with Gasteiger partial charge in [-0.25, -0.2) is 0 Å². The fourth-order valence-electron chi connectivity index (χ4n) is 2.52. The van der Waals surface area contributed by atoms with Crippen molar-refractivity contribution >= 4 is 40.4 Å². The summed E-state index contributed by atoms with van der Waals surface area (Å²) in [5.74, 6) is -0.227. The minimum absolute atomic E-state index is 0.0277. The minimum atomic E-state index is -0.199. The Morgan fingerprint density at radius 1 is 1.15 bits per heavy atom. The maximum absolute atomic E-state index is 12.4. The van der Waals surface area contributed by atoms with E-state index < -0.39 is 0 Å². The van der Waals surface area contributed by atoms with Crippen LogP contribution < -0.4 is 10.6 Å². The van der Waals surface area contributed by atoms with Crippen molar-refractivity contribution in [3.63, 3.8) is 0 Å². The van der Waals surface area contributed by atoms with E-state index in [1.807, 2.05) is 36.6 Å². The van der Waals surface area contributed by atoms with Crippen LogP contribution in [0.2, 0.25) is 0 Å². The highest BCUT2D eigenvalue weighted by Gasteiger charge is 2.15. The van der Waals surface area contributed by atoms with E-state index in [4.69, 9.17) is 0 Å². The number of nitrogens with zero attached hydrogens (tertiary/aromatic N) is 2. The third-order valence-corrected chi connectivity index (χ3v) is 5.51. The zero-order valence-electron chi connectivity index (χ0n) is 14.9. The van der Waals surface area contributed by atoms with E-state index in [1.165, 1.54) is 0 Å². The Bertz CT molecular complexity index is 889. The van der Waals surface area contributed by atoms with Gasteiger partial charge in [-0.3, -0.25) is 9.59 Å². The molecule has 2 heterocycles. The molecule has 2 N–H and O–H groups in total. The van der Waals surface area contributed by atoms with Gasteiger partial charge in [0.05, 0.1) is 18.7 Å². The lowest BCUT2D eigenvalue weighted by Gasteiger charge is -2.07. The number of amides is 2. The zero-order chi connectivity index (χ0) is 19.1. The van der Waals surface area contributed by atoms with E-state index >= 15 is 0 Å². The van der Waals surface area contributed by atoms with Gasteiger partial charge in [0.25, 0.3) is 5.91 Å². The van der Waals surface area contributed by atoms with Gasteiger partial charge in [0, 0.05) is 10.6 Å². The highest BCUT2D eigenvalue weighted by atomic mass is 32.1. The van der Waals surface area contributed by atoms with E-state index in [0.717, 1.165) is 40.5 Å². The topological polar surface area (TPSA) is 84.0 Å². The first-order valence-corrected chi connectivity index (χ1v) is 10.3. The second kappa shape index (κ2) is 9.38. The zero-order valence-corrected chi connectivity index (χ0v) is 16.5. The van der Waals surface area contributed by atoms with Crippen LogP contribution in [-0.4, -0.2) is 21.4 Å². The van der Waals surface area contributed by atoms with Crippen molar-refractivity contribution in [2.45, 2.75) is 32.7 Å². The number of benzene rings is 1. The summed E-state index contributed by atoms with van der Waals surface area (Å²) in [6.07, 6.45) is 1.95. The number of carbonyl (C=O) groups is 2. The van der Waals surface area contributed by atoms with Crippen LogP contribution in [0.1, 0.15) is 39.2 Å². The van der Waals surface area contributed by atoms with Crippen LogP contribution in [0.5, 0.6) is 0 Å². The molecule has 2 aromatic heterocycles. The van der Waals surface area contributed by atoms with Crippen LogP contribution in [0.15, 0.2) is 41.8 Å². The van der Waals surface area contributed by atoms with Gasteiger partial charge >= 0.3 is 0 Å². The molecule has 0 aliphatic carbocycles. The molecule has 140 valence electrons. The SMILES string of the molecule is CCCc1nnsc1C(=O)Nc1ccc(CC(=O)NCc2cccs2)cc1. The number of thiophene rings is 1. The number of carbonyl (C=O) groups excluding carboxylic acids is 2. The maximum Gasteiger partial charge on any atom is 0.269 e. The van der Waals surface area contributed by atoms with E-state index in [-0.39, 0.29) is 11.8 Å². The lowest BCUT2D eigenvalue weighted by atomic mass is 10.1. The van der Waals surface area contributed by atoms with Crippen LogP contribution in [-0.2, 0) is 24.2 Å². The summed E-state index contributed by atoms with van der Waals surface area (Å²) in [6.45, 7) is 2.59. The molecule has 0 radical (unpaired) electrons. The highest BCUT2D eigenvalue weighted by molar-refractivity contribution is 7.09. The van der Waals surface area contributed by atoms with Gasteiger partial charge in [-0.05, 0) is 47.1 Å². The second-order valence-corrected chi connectivity index (χ2v) is 7.77. The van der Waals surface area contributed by atoms with Crippen LogP contribution in [0.25, 0.3) is 0 Å². The van der Waals surface area contributed by atoms with Gasteiger partial charge in [-0.2, -0.15) is 0 Å². The molecule has 0 saturated heterocycles. The summed E-state index contributed by atoms with van der Waals surface area (Å²) in [5.41, 5.74) is 2.31. The quantitative estimate of drug-likeness (QED) is 0.604. The molecule has 0 aliphatic rings. The molecule has 27 heavy (non-hydrogen) atoms. The van der Waals surface area contributed by atoms with Gasteiger partial charge < -0.3 is 10.6 Å². The van der Waals surface area contributed by atoms with Crippen molar-refractivity contribution in [1.29, 1.82) is 0 Å². The third-order valence-electron chi connectivity index (χ3n) is 3.87. The molecule has 0 aliphatic heterocycles. The molecule has 0 unspecified atom stereocenters. The maximum atomic E-state index is 12.4. The number of anilines is 1. The molecule has 3 aromatic rings. The number of aromatic nitrogens is 2. The summed E-state index contributed by atoms with van der Waals surface area (Å²) in [4.78, 5) is 26.1. The first kappa shape index (κ1) is 19.2. The summed E-state index contributed by atoms with van der Waals surface area (Å²) in [6, 6.07) is 11.2. The van der Waals surface area contributed by atoms with Crippen LogP contribution in [0.3, 0.4) is 0 Å². The van der Waals surface area contributed by atoms with Crippen molar-refractivity contribution in [2.75, 3.05) is 5.32 Å². The lowest BCUT2D eigenvalue weighted by Crippen LogP contribution is -2.24. The molecule has 0 atom stereocenters. The summed E-state index contributed by atoms with van der Waals surface area (Å²) in [7, 11) is 0. The van der Waals surface area contributed by atoms with E-state index in [9.17, 15) is 9.59 Å². The molecular formula is C19H20N4O2S2. The average Bonchev–Trinajstić information content (AvgIpc) is 3.34. The number of aryl methyl sites for hydroxylation is 1. The summed E-state index contributed by atoms with van der Waals surface area (Å²) < 4.78 is 3.87. The van der Waals surface area contributed by atoms with Crippen molar-refractivity contribution in [2.24, 2.45) is 0 Å². The van der Waals surface area contributed by atoms with Gasteiger partial charge in [0.1, 0.15) is 4.88 Å². The highest BCUT2D eigenvalue weighted by Crippen LogP contribution is 2.17. The van der Waals surface area contributed by atoms with Crippen LogP contribution in [0.4, 0.5) is 5.69 Å². The molecule has 0 spiro atoms. The Hall–Kier alpha value is -2.58. The Kier molecular flexibility index (Phi) is 6.67. The molecule has 2 amide bonds. The number of hydrogen-bond acceptors (Lipinski definition) is 6. The molecule has 1 aromatic carbocycles. The molecule has 6 nitrogen and oxygen atoms in total. The molecular weight excluding hydrogens is 380 g/mol. The van der Waals surface area contributed by atoms with Gasteiger partial charge in [0.2, 0.25) is 5.91 Å². The van der Waals surface area contributed by atoms with Crippen LogP contribution >= 0.6 is 22.9 Å². The van der Waals surface area contributed by atoms with Crippen molar-refractivity contribution < 1.29 is 9.59 Å². The minimum Gasteiger partial charge on any atom is -0.351 e. The summed E-state index contributed by atoms with van der Waals surface area (Å²) >= 11 is 2.73. The molecule has 3 rings (SSSR count). The second-order valence-electron chi connectivity index (χ2n) is 5.98. The van der Waals surface area contributed by atoms with E-state index in [2.05, 4.69) is 20.2 Å². The predicted molar refractivity (Wildman–Crippen MR) is 108 cm³/mol. The predicted octanol–water partition coefficient (Wildman–Crippen LogP) is 3.66. The van der Waals surface area contributed by atoms with Crippen molar-refractivity contribution in [3.05, 3.63) is 62.8 Å². The molecule has 0 saturated carbocycles. The summed E-state index contributed by atoms with van der Waals surface area (Å²) in [5, 5.41) is 11.8. The third kappa shape index (κ3) is 5.45. The monoisotopic (exact) mass is 400 g/mol. The Morgan fingerprint density at radius 3 is 2.67 bits per heavy atom. The normalized spacial score (nSPS) is 10.6. The lowest BCUT2D eigenvalue weighted by molar-refractivity contribution is -0.120. The first-order chi connectivity index (χ1) is 13.2. The van der Waals surface area contributed by atoms with E-state index in [0.29, 0.717) is 23.5 Å². The standard InChI is InChI=1S/C19H20N4O2S2/c1-2-4-16-18(27-23-22-16)19(25)21-14-8-6-13(7-9-14)11-17(24)20-12-15-5-3-10-26-15/h3,5-10H,2,4,11-12H2,1H3,(H,20,24)(H,21,25). The molecule has 0 bridgehead atoms. The average molecular weight is 401 g/mol. The van der Waals surface area contributed by atoms with Crippen LogP contribution in [0, 0.1) is 0 Å². The van der Waals surface area contributed by atoms with Gasteiger partial charge in [-0.1, -0.05) is 36.0 Å². The van der Waals surface area contributed by atoms with Crippen molar-refractivity contribution in [1.82, 2.24) is 14.9 Å². The molecule has 0 fully saturated rings. The Labute approximate surface area is 165 Å². The Morgan fingerprint density at radius 2 is 1.96 bits per heavy atom. The smallest absolute Gasteiger partial charge is 0.269 e. The van der Waals surface area contributed by atoms with Crippen molar-refractivity contribution in [3.8, 4) is 0 Å². The number of hydrogen-bond donors (Lipinski definition) is 2. The first-order valence-electron chi connectivity index (χ1n) is 8.66. The molecule has 8 heteroatoms. The Balaban J connectivity index is 1.53. The van der Waals surface area contributed by atoms with E-state index in [1.54, 1.807) is 23.5 Å². The number of nitrogens with one attached hydrogen (secondary N) is 2. The fourth-order valence-corrected chi connectivity index (χ4v) is 3.77. The largest absolute Gasteiger partial charge is 0.351 e.